The summed E-state index contributed by atoms with van der Waals surface area (Å²) in [5, 5.41) is 12.1. The number of aliphatic hydroxyl groups excluding tert-OH is 1. The molecule has 2 N–H and O–H groups in total. The molecule has 0 aromatic carbocycles. The highest BCUT2D eigenvalue weighted by Crippen LogP contribution is 2.24. The molecular formula is C13H21N3O. The molecule has 0 bridgehead atoms. The van der Waals surface area contributed by atoms with Gasteiger partial charge in [-0.2, -0.15) is 0 Å². The quantitative estimate of drug-likeness (QED) is 0.834. The lowest BCUT2D eigenvalue weighted by atomic mass is 9.95. The normalized spacial score (nSPS) is 20.4. The molecule has 2 rings (SSSR count). The third-order valence-electron chi connectivity index (χ3n) is 3.37. The van der Waals surface area contributed by atoms with E-state index in [1.807, 2.05) is 19.2 Å². The third-order valence-corrected chi connectivity index (χ3v) is 3.37. The van der Waals surface area contributed by atoms with Crippen LogP contribution in [0.25, 0.3) is 0 Å². The predicted molar refractivity (Wildman–Crippen MR) is 70.4 cm³/mol. The Morgan fingerprint density at radius 1 is 1.53 bits per heavy atom. The maximum atomic E-state index is 9.01. The Morgan fingerprint density at radius 2 is 2.41 bits per heavy atom. The zero-order valence-corrected chi connectivity index (χ0v) is 10.4. The zero-order chi connectivity index (χ0) is 12.1. The molecule has 1 atom stereocenters. The van der Waals surface area contributed by atoms with Crippen molar-refractivity contribution in [1.29, 1.82) is 0 Å². The van der Waals surface area contributed by atoms with Crippen molar-refractivity contribution in [1.82, 2.24) is 4.98 Å². The van der Waals surface area contributed by atoms with Gasteiger partial charge >= 0.3 is 0 Å². The smallest absolute Gasteiger partial charge is 0.130 e. The van der Waals surface area contributed by atoms with Crippen LogP contribution in [0.5, 0.6) is 0 Å². The van der Waals surface area contributed by atoms with Crippen molar-refractivity contribution in [3.8, 4) is 0 Å². The molecule has 1 unspecified atom stereocenters. The number of piperidine rings is 1. The number of nitrogens with zero attached hydrogens (tertiary/aromatic N) is 2. The lowest BCUT2D eigenvalue weighted by Crippen LogP contribution is -2.36. The van der Waals surface area contributed by atoms with Gasteiger partial charge in [0.1, 0.15) is 11.6 Å². The van der Waals surface area contributed by atoms with Crippen LogP contribution in [-0.2, 0) is 0 Å². The van der Waals surface area contributed by atoms with E-state index in [4.69, 9.17) is 5.11 Å². The molecule has 1 fully saturated rings. The van der Waals surface area contributed by atoms with Gasteiger partial charge in [-0.25, -0.2) is 4.98 Å². The first kappa shape index (κ1) is 12.2. The average molecular weight is 235 g/mol. The Balaban J connectivity index is 2.05. The number of pyridine rings is 1. The molecule has 4 nitrogen and oxygen atoms in total. The van der Waals surface area contributed by atoms with Crippen molar-refractivity contribution in [2.45, 2.75) is 19.3 Å². The summed E-state index contributed by atoms with van der Waals surface area (Å²) in [6.07, 6.45) is 3.32. The van der Waals surface area contributed by atoms with E-state index in [1.165, 1.54) is 12.8 Å². The first-order valence-electron chi connectivity index (χ1n) is 6.34. The molecule has 4 heteroatoms. The number of anilines is 2. The summed E-state index contributed by atoms with van der Waals surface area (Å²) < 4.78 is 0. The van der Waals surface area contributed by atoms with Gasteiger partial charge in [0.2, 0.25) is 0 Å². The highest BCUT2D eigenvalue weighted by Gasteiger charge is 2.20. The molecule has 17 heavy (non-hydrogen) atoms. The summed E-state index contributed by atoms with van der Waals surface area (Å²) in [6, 6.07) is 6.06. The van der Waals surface area contributed by atoms with Crippen LogP contribution in [0.4, 0.5) is 11.6 Å². The maximum absolute atomic E-state index is 9.01. The van der Waals surface area contributed by atoms with Crippen LogP contribution in [-0.4, -0.2) is 36.8 Å². The van der Waals surface area contributed by atoms with Crippen LogP contribution in [0.1, 0.15) is 19.3 Å². The Labute approximate surface area is 103 Å². The van der Waals surface area contributed by atoms with E-state index in [9.17, 15) is 0 Å². The highest BCUT2D eigenvalue weighted by atomic mass is 16.3. The Kier molecular flexibility index (Phi) is 4.20. The molecule has 1 aromatic rings. The van der Waals surface area contributed by atoms with Crippen molar-refractivity contribution in [3.63, 3.8) is 0 Å². The molecule has 0 spiro atoms. The zero-order valence-electron chi connectivity index (χ0n) is 10.4. The molecule has 0 radical (unpaired) electrons. The number of hydrogen-bond donors (Lipinski definition) is 2. The number of aliphatic hydroxyl groups is 1. The maximum Gasteiger partial charge on any atom is 0.130 e. The average Bonchev–Trinajstić information content (AvgIpc) is 2.40. The highest BCUT2D eigenvalue weighted by molar-refractivity contribution is 5.47. The van der Waals surface area contributed by atoms with Crippen molar-refractivity contribution in [2.75, 3.05) is 37.0 Å². The molecule has 94 valence electrons. The van der Waals surface area contributed by atoms with E-state index in [0.29, 0.717) is 12.5 Å². The molecule has 0 saturated carbocycles. The first-order valence-corrected chi connectivity index (χ1v) is 6.34. The van der Waals surface area contributed by atoms with Gasteiger partial charge < -0.3 is 15.3 Å². The van der Waals surface area contributed by atoms with Gasteiger partial charge in [0.15, 0.2) is 0 Å². The van der Waals surface area contributed by atoms with Crippen LogP contribution in [0.2, 0.25) is 0 Å². The van der Waals surface area contributed by atoms with Crippen molar-refractivity contribution >= 4 is 11.6 Å². The van der Waals surface area contributed by atoms with Gasteiger partial charge in [0.25, 0.3) is 0 Å². The second-order valence-electron chi connectivity index (χ2n) is 4.60. The fourth-order valence-electron chi connectivity index (χ4n) is 2.43. The summed E-state index contributed by atoms with van der Waals surface area (Å²) in [7, 11) is 1.89. The summed E-state index contributed by atoms with van der Waals surface area (Å²) in [5.74, 6) is 2.56. The monoisotopic (exact) mass is 235 g/mol. The molecular weight excluding hydrogens is 214 g/mol. The van der Waals surface area contributed by atoms with Crippen molar-refractivity contribution in [3.05, 3.63) is 18.2 Å². The van der Waals surface area contributed by atoms with Crippen molar-refractivity contribution in [2.24, 2.45) is 5.92 Å². The molecule has 1 aliphatic heterocycles. The number of hydrogen-bond acceptors (Lipinski definition) is 4. The lowest BCUT2D eigenvalue weighted by Gasteiger charge is -2.33. The minimum atomic E-state index is 0.294. The van der Waals surface area contributed by atoms with Crippen LogP contribution in [0, 0.1) is 5.92 Å². The Morgan fingerprint density at radius 3 is 3.18 bits per heavy atom. The van der Waals surface area contributed by atoms with Crippen molar-refractivity contribution < 1.29 is 5.11 Å². The number of rotatable bonds is 4. The molecule has 1 saturated heterocycles. The minimum Gasteiger partial charge on any atom is -0.396 e. The van der Waals surface area contributed by atoms with Crippen LogP contribution in [0.3, 0.4) is 0 Å². The van der Waals surface area contributed by atoms with Gasteiger partial charge in [-0.15, -0.1) is 0 Å². The first-order chi connectivity index (χ1) is 8.33. The minimum absolute atomic E-state index is 0.294. The summed E-state index contributed by atoms with van der Waals surface area (Å²) in [5.41, 5.74) is 0. The summed E-state index contributed by atoms with van der Waals surface area (Å²) >= 11 is 0. The van der Waals surface area contributed by atoms with Gasteiger partial charge in [0, 0.05) is 26.7 Å². The van der Waals surface area contributed by atoms with Crippen LogP contribution >= 0.6 is 0 Å². The lowest BCUT2D eigenvalue weighted by molar-refractivity contribution is 0.244. The number of nitrogens with one attached hydrogen (secondary N) is 1. The molecule has 1 aliphatic rings. The van der Waals surface area contributed by atoms with E-state index in [-0.39, 0.29) is 0 Å². The Bertz CT molecular complexity index is 354. The standard InChI is InChI=1S/C13H21N3O/c1-14-12-5-2-6-13(15-12)16-8-3-4-11(10-16)7-9-17/h2,5-6,11,17H,3-4,7-10H2,1H3,(H,14,15). The number of aromatic nitrogens is 1. The van der Waals surface area contributed by atoms with E-state index in [2.05, 4.69) is 21.3 Å². The molecule has 0 aliphatic carbocycles. The third kappa shape index (κ3) is 3.09. The largest absolute Gasteiger partial charge is 0.396 e. The van der Waals surface area contributed by atoms with E-state index in [1.54, 1.807) is 0 Å². The second kappa shape index (κ2) is 5.87. The molecule has 2 heterocycles. The summed E-state index contributed by atoms with van der Waals surface area (Å²) in [6.45, 7) is 2.38. The van der Waals surface area contributed by atoms with Gasteiger partial charge in [-0.3, -0.25) is 0 Å². The van der Waals surface area contributed by atoms with Crippen LogP contribution < -0.4 is 10.2 Å². The fourth-order valence-corrected chi connectivity index (χ4v) is 2.43. The van der Waals surface area contributed by atoms with Gasteiger partial charge in [-0.05, 0) is 37.3 Å². The van der Waals surface area contributed by atoms with E-state index in [0.717, 1.165) is 31.1 Å². The van der Waals surface area contributed by atoms with Crippen LogP contribution in [0.15, 0.2) is 18.2 Å². The predicted octanol–water partition coefficient (Wildman–Crippen LogP) is 1.72. The SMILES string of the molecule is CNc1cccc(N2CCCC(CCO)C2)n1. The van der Waals surface area contributed by atoms with Gasteiger partial charge in [0.05, 0.1) is 0 Å². The second-order valence-corrected chi connectivity index (χ2v) is 4.60. The van der Waals surface area contributed by atoms with E-state index < -0.39 is 0 Å². The van der Waals surface area contributed by atoms with Gasteiger partial charge in [-0.1, -0.05) is 6.07 Å². The van der Waals surface area contributed by atoms with E-state index >= 15 is 0 Å². The molecule has 1 aromatic heterocycles. The topological polar surface area (TPSA) is 48.4 Å². The Hall–Kier alpha value is -1.29. The fraction of sp³-hybridized carbons (Fsp3) is 0.615. The summed E-state index contributed by atoms with van der Waals surface area (Å²) in [4.78, 5) is 6.89. The molecule has 0 amide bonds.